The normalized spacial score (nSPS) is 26.3. The van der Waals surface area contributed by atoms with Gasteiger partial charge in [-0.2, -0.15) is 0 Å². The summed E-state index contributed by atoms with van der Waals surface area (Å²) in [5.41, 5.74) is 0. The van der Waals surface area contributed by atoms with E-state index >= 15 is 0 Å². The van der Waals surface area contributed by atoms with E-state index in [1.165, 1.54) is 24.9 Å². The molecule has 5 nitrogen and oxygen atoms in total. The van der Waals surface area contributed by atoms with Gasteiger partial charge in [-0.25, -0.2) is 9.78 Å². The fourth-order valence-corrected chi connectivity index (χ4v) is 4.08. The van der Waals surface area contributed by atoms with E-state index in [0.717, 1.165) is 24.5 Å². The molecule has 0 bridgehead atoms. The van der Waals surface area contributed by atoms with E-state index < -0.39 is 5.97 Å². The van der Waals surface area contributed by atoms with Crippen LogP contribution in [0.1, 0.15) is 28.9 Å². The molecule has 1 saturated carbocycles. The minimum Gasteiger partial charge on any atom is -0.465 e. The number of thiazole rings is 1. The lowest BCUT2D eigenvalue weighted by atomic mass is 10.1. The second-order valence-electron chi connectivity index (χ2n) is 4.71. The highest BCUT2D eigenvalue weighted by Crippen LogP contribution is 2.37. The molecule has 104 valence electrons. The van der Waals surface area contributed by atoms with Gasteiger partial charge in [0.05, 0.1) is 25.9 Å². The molecule has 0 spiro atoms. The van der Waals surface area contributed by atoms with Crippen molar-refractivity contribution in [2.75, 3.05) is 25.2 Å². The first-order valence-electron chi connectivity index (χ1n) is 6.33. The average molecular weight is 303 g/mol. The van der Waals surface area contributed by atoms with Crippen LogP contribution in [0.2, 0.25) is 5.15 Å². The topological polar surface area (TPSA) is 51.7 Å². The Balaban J connectivity index is 1.87. The molecule has 7 heteroatoms. The highest BCUT2D eigenvalue weighted by molar-refractivity contribution is 7.18. The standard InChI is InChI=1S/C12H15ClN2O3S/c1-17-11(16)9-10(13)14-12(19-9)15-5-6-18-8-4-2-3-7(8)15/h7-8H,2-6H2,1H3. The van der Waals surface area contributed by atoms with Crippen LogP contribution in [0.3, 0.4) is 0 Å². The van der Waals surface area contributed by atoms with Crippen molar-refractivity contribution in [3.63, 3.8) is 0 Å². The van der Waals surface area contributed by atoms with Crippen molar-refractivity contribution in [3.8, 4) is 0 Å². The molecule has 1 aliphatic heterocycles. The maximum Gasteiger partial charge on any atom is 0.351 e. The Kier molecular flexibility index (Phi) is 3.64. The number of aromatic nitrogens is 1. The zero-order valence-electron chi connectivity index (χ0n) is 10.6. The van der Waals surface area contributed by atoms with E-state index in [2.05, 4.69) is 9.88 Å². The van der Waals surface area contributed by atoms with Gasteiger partial charge in [-0.05, 0) is 19.3 Å². The number of anilines is 1. The van der Waals surface area contributed by atoms with Crippen molar-refractivity contribution >= 4 is 34.0 Å². The molecule has 2 atom stereocenters. The number of morpholine rings is 1. The number of fused-ring (bicyclic) bond motifs is 1. The molecule has 0 aromatic carbocycles. The van der Waals surface area contributed by atoms with Crippen LogP contribution >= 0.6 is 22.9 Å². The Bertz CT molecular complexity index is 493. The Labute approximate surface area is 120 Å². The van der Waals surface area contributed by atoms with Gasteiger partial charge in [-0.15, -0.1) is 0 Å². The summed E-state index contributed by atoms with van der Waals surface area (Å²) in [6, 6.07) is 0.362. The molecule has 0 radical (unpaired) electrons. The SMILES string of the molecule is COC(=O)c1sc(N2CCOC3CCCC32)nc1Cl. The first-order valence-corrected chi connectivity index (χ1v) is 7.53. The summed E-state index contributed by atoms with van der Waals surface area (Å²) >= 11 is 7.32. The van der Waals surface area contributed by atoms with E-state index in [9.17, 15) is 4.79 Å². The monoisotopic (exact) mass is 302 g/mol. The molecule has 2 aliphatic rings. The maximum absolute atomic E-state index is 11.6. The summed E-state index contributed by atoms with van der Waals surface area (Å²) in [4.78, 5) is 18.5. The largest absolute Gasteiger partial charge is 0.465 e. The fourth-order valence-electron chi connectivity index (χ4n) is 2.80. The van der Waals surface area contributed by atoms with Gasteiger partial charge in [0.1, 0.15) is 0 Å². The summed E-state index contributed by atoms with van der Waals surface area (Å²) in [5, 5.41) is 1.03. The lowest BCUT2D eigenvalue weighted by Crippen LogP contribution is -2.48. The van der Waals surface area contributed by atoms with Crippen molar-refractivity contribution in [2.24, 2.45) is 0 Å². The minimum absolute atomic E-state index is 0.230. The Morgan fingerprint density at radius 2 is 2.42 bits per heavy atom. The van der Waals surface area contributed by atoms with Crippen LogP contribution in [-0.2, 0) is 9.47 Å². The Morgan fingerprint density at radius 1 is 1.58 bits per heavy atom. The van der Waals surface area contributed by atoms with Gasteiger partial charge in [-0.3, -0.25) is 0 Å². The van der Waals surface area contributed by atoms with Gasteiger partial charge < -0.3 is 14.4 Å². The molecule has 2 unspecified atom stereocenters. The molecule has 0 amide bonds. The van der Waals surface area contributed by atoms with Crippen LogP contribution in [0, 0.1) is 0 Å². The quantitative estimate of drug-likeness (QED) is 0.785. The predicted octanol–water partition coefficient (Wildman–Crippen LogP) is 2.34. The maximum atomic E-state index is 11.6. The molecular formula is C12H15ClN2O3S. The third-order valence-corrected chi connectivity index (χ3v) is 5.13. The molecule has 1 aromatic rings. The van der Waals surface area contributed by atoms with E-state index in [1.807, 2.05) is 0 Å². The van der Waals surface area contributed by atoms with E-state index in [0.29, 0.717) is 17.5 Å². The van der Waals surface area contributed by atoms with Crippen LogP contribution in [0.25, 0.3) is 0 Å². The molecule has 2 heterocycles. The number of hydrogen-bond donors (Lipinski definition) is 0. The first kappa shape index (κ1) is 13.1. The van der Waals surface area contributed by atoms with Gasteiger partial charge in [-0.1, -0.05) is 22.9 Å². The summed E-state index contributed by atoms with van der Waals surface area (Å²) in [6.07, 6.45) is 3.67. The van der Waals surface area contributed by atoms with Crippen molar-refractivity contribution < 1.29 is 14.3 Å². The predicted molar refractivity (Wildman–Crippen MR) is 73.2 cm³/mol. The molecule has 1 saturated heterocycles. The van der Waals surface area contributed by atoms with Crippen molar-refractivity contribution in [3.05, 3.63) is 10.0 Å². The van der Waals surface area contributed by atoms with Crippen molar-refractivity contribution in [1.82, 2.24) is 4.98 Å². The molecular weight excluding hydrogens is 288 g/mol. The third kappa shape index (κ3) is 2.32. The lowest BCUT2D eigenvalue weighted by molar-refractivity contribution is 0.0256. The summed E-state index contributed by atoms with van der Waals surface area (Å²) in [5.74, 6) is -0.426. The van der Waals surface area contributed by atoms with Crippen LogP contribution in [-0.4, -0.2) is 43.4 Å². The molecule has 3 rings (SSSR count). The molecule has 1 aromatic heterocycles. The fraction of sp³-hybridized carbons (Fsp3) is 0.667. The van der Waals surface area contributed by atoms with Gasteiger partial charge in [0, 0.05) is 6.54 Å². The number of rotatable bonds is 2. The van der Waals surface area contributed by atoms with Gasteiger partial charge in [0.15, 0.2) is 15.2 Å². The summed E-state index contributed by atoms with van der Waals surface area (Å²) in [7, 11) is 1.35. The molecule has 19 heavy (non-hydrogen) atoms. The number of methoxy groups -OCH3 is 1. The van der Waals surface area contributed by atoms with Crippen LogP contribution < -0.4 is 4.90 Å². The van der Waals surface area contributed by atoms with E-state index in [1.54, 1.807) is 0 Å². The third-order valence-electron chi connectivity index (χ3n) is 3.67. The number of hydrogen-bond acceptors (Lipinski definition) is 6. The lowest BCUT2D eigenvalue weighted by Gasteiger charge is -2.37. The number of carbonyl (C=O) groups is 1. The molecule has 2 fully saturated rings. The number of esters is 1. The van der Waals surface area contributed by atoms with Crippen LogP contribution in [0.5, 0.6) is 0 Å². The number of ether oxygens (including phenoxy) is 2. The molecule has 0 N–H and O–H groups in total. The average Bonchev–Trinajstić information content (AvgIpc) is 3.03. The zero-order chi connectivity index (χ0) is 13.4. The highest BCUT2D eigenvalue weighted by Gasteiger charge is 2.37. The summed E-state index contributed by atoms with van der Waals surface area (Å²) < 4.78 is 10.5. The minimum atomic E-state index is -0.426. The van der Waals surface area contributed by atoms with E-state index in [-0.39, 0.29) is 11.3 Å². The number of nitrogens with zero attached hydrogens (tertiary/aromatic N) is 2. The smallest absolute Gasteiger partial charge is 0.351 e. The van der Waals surface area contributed by atoms with E-state index in [4.69, 9.17) is 21.1 Å². The van der Waals surface area contributed by atoms with Crippen molar-refractivity contribution in [2.45, 2.75) is 31.4 Å². The van der Waals surface area contributed by atoms with Gasteiger partial charge in [0.25, 0.3) is 0 Å². The Hall–Kier alpha value is -0.850. The first-order chi connectivity index (χ1) is 9.20. The van der Waals surface area contributed by atoms with Crippen LogP contribution in [0.4, 0.5) is 5.13 Å². The highest BCUT2D eigenvalue weighted by atomic mass is 35.5. The second-order valence-corrected chi connectivity index (χ2v) is 6.04. The van der Waals surface area contributed by atoms with Crippen LogP contribution in [0.15, 0.2) is 0 Å². The zero-order valence-corrected chi connectivity index (χ0v) is 12.2. The number of carbonyl (C=O) groups excluding carboxylic acids is 1. The Morgan fingerprint density at radius 3 is 3.21 bits per heavy atom. The van der Waals surface area contributed by atoms with Crippen molar-refractivity contribution in [1.29, 1.82) is 0 Å². The second kappa shape index (κ2) is 5.26. The summed E-state index contributed by atoms with van der Waals surface area (Å²) in [6.45, 7) is 1.50. The molecule has 1 aliphatic carbocycles. The van der Waals surface area contributed by atoms with Gasteiger partial charge in [0.2, 0.25) is 0 Å². The number of halogens is 1. The van der Waals surface area contributed by atoms with Gasteiger partial charge >= 0.3 is 5.97 Å².